The Morgan fingerprint density at radius 1 is 1.77 bits per heavy atom. The summed E-state index contributed by atoms with van der Waals surface area (Å²) in [6.07, 6.45) is 1.66. The van der Waals surface area contributed by atoms with Gasteiger partial charge in [0.25, 0.3) is 0 Å². The van der Waals surface area contributed by atoms with Gasteiger partial charge in [-0.15, -0.1) is 0 Å². The maximum absolute atomic E-state index is 11.4. The van der Waals surface area contributed by atoms with Crippen LogP contribution in [0.3, 0.4) is 0 Å². The van der Waals surface area contributed by atoms with Crippen LogP contribution in [0.5, 0.6) is 0 Å². The maximum Gasteiger partial charge on any atom is 0.241 e. The van der Waals surface area contributed by atoms with Crippen molar-refractivity contribution in [2.24, 2.45) is 5.73 Å². The number of rotatable bonds is 4. The Kier molecular flexibility index (Phi) is 3.92. The van der Waals surface area contributed by atoms with Gasteiger partial charge in [-0.2, -0.15) is 11.3 Å². The fraction of sp³-hybridized carbons (Fsp3) is 0.444. The molecule has 1 unspecified atom stereocenters. The quantitative estimate of drug-likeness (QED) is 0.775. The summed E-state index contributed by atoms with van der Waals surface area (Å²) < 4.78 is 0. The van der Waals surface area contributed by atoms with E-state index in [1.165, 1.54) is 0 Å². The lowest BCUT2D eigenvalue weighted by molar-refractivity contribution is -0.117. The third-order valence-electron chi connectivity index (χ3n) is 1.73. The number of nitrogens with one attached hydrogen (secondary N) is 1. The Morgan fingerprint density at radius 3 is 3.08 bits per heavy atom. The van der Waals surface area contributed by atoms with E-state index in [2.05, 4.69) is 5.32 Å². The fourth-order valence-electron chi connectivity index (χ4n) is 1.01. The van der Waals surface area contributed by atoms with Crippen LogP contribution < -0.4 is 11.1 Å². The lowest BCUT2D eigenvalue weighted by Gasteiger charge is -2.09. The van der Waals surface area contributed by atoms with Crippen LogP contribution >= 0.6 is 11.3 Å². The average Bonchev–Trinajstić information content (AvgIpc) is 2.57. The molecule has 1 atom stereocenters. The molecule has 1 aromatic heterocycles. The first-order chi connectivity index (χ1) is 6.24. The lowest BCUT2D eigenvalue weighted by Crippen LogP contribution is -2.35. The van der Waals surface area contributed by atoms with E-state index in [0.29, 0.717) is 0 Å². The third-order valence-corrected chi connectivity index (χ3v) is 2.41. The van der Waals surface area contributed by atoms with E-state index < -0.39 is 0 Å². The van der Waals surface area contributed by atoms with Gasteiger partial charge in [0.2, 0.25) is 5.91 Å². The van der Waals surface area contributed by atoms with Gasteiger partial charge in [-0.05, 0) is 17.9 Å². The molecule has 0 aliphatic rings. The second-order valence-electron chi connectivity index (χ2n) is 2.90. The number of nitrogens with two attached hydrogens (primary N) is 1. The molecule has 72 valence electrons. The minimum atomic E-state index is -0.384. The Labute approximate surface area is 81.9 Å². The van der Waals surface area contributed by atoms with Gasteiger partial charge in [0.1, 0.15) is 0 Å². The normalized spacial score (nSPS) is 12.5. The van der Waals surface area contributed by atoms with Crippen molar-refractivity contribution in [2.75, 3.05) is 5.32 Å². The molecule has 0 fully saturated rings. The van der Waals surface area contributed by atoms with Gasteiger partial charge in [0.05, 0.1) is 11.7 Å². The zero-order chi connectivity index (χ0) is 9.68. The van der Waals surface area contributed by atoms with Gasteiger partial charge in [-0.25, -0.2) is 0 Å². The summed E-state index contributed by atoms with van der Waals surface area (Å²) in [7, 11) is 0. The predicted octanol–water partition coefficient (Wildman–Crippen LogP) is 1.81. The SMILES string of the molecule is CCCC(N)C(=O)Nc1ccsc1. The van der Waals surface area contributed by atoms with Crippen molar-refractivity contribution in [3.05, 3.63) is 16.8 Å². The van der Waals surface area contributed by atoms with Crippen LogP contribution in [0.15, 0.2) is 16.8 Å². The molecular formula is C9H14N2OS. The van der Waals surface area contributed by atoms with Crippen molar-refractivity contribution in [1.82, 2.24) is 0 Å². The van der Waals surface area contributed by atoms with Crippen LogP contribution in [0, 0.1) is 0 Å². The predicted molar refractivity (Wildman–Crippen MR) is 55.8 cm³/mol. The van der Waals surface area contributed by atoms with Crippen molar-refractivity contribution < 1.29 is 4.79 Å². The first-order valence-electron chi connectivity index (χ1n) is 4.32. The highest BCUT2D eigenvalue weighted by molar-refractivity contribution is 7.08. The summed E-state index contributed by atoms with van der Waals surface area (Å²) in [5.41, 5.74) is 6.47. The number of amides is 1. The van der Waals surface area contributed by atoms with E-state index in [1.807, 2.05) is 23.8 Å². The molecule has 1 rings (SSSR count). The molecule has 4 heteroatoms. The van der Waals surface area contributed by atoms with Gasteiger partial charge < -0.3 is 11.1 Å². The minimum Gasteiger partial charge on any atom is -0.324 e. The van der Waals surface area contributed by atoms with Crippen LogP contribution in [-0.4, -0.2) is 11.9 Å². The molecule has 0 saturated carbocycles. The topological polar surface area (TPSA) is 55.1 Å². The molecule has 3 nitrogen and oxygen atoms in total. The number of carbonyl (C=O) groups is 1. The van der Waals surface area contributed by atoms with E-state index in [1.54, 1.807) is 11.3 Å². The van der Waals surface area contributed by atoms with Gasteiger partial charge in [0.15, 0.2) is 0 Å². The molecule has 3 N–H and O–H groups in total. The Hall–Kier alpha value is -0.870. The highest BCUT2D eigenvalue weighted by Crippen LogP contribution is 2.12. The van der Waals surface area contributed by atoms with Crippen molar-refractivity contribution in [2.45, 2.75) is 25.8 Å². The van der Waals surface area contributed by atoms with Crippen molar-refractivity contribution in [3.63, 3.8) is 0 Å². The van der Waals surface area contributed by atoms with Crippen LogP contribution in [0.4, 0.5) is 5.69 Å². The van der Waals surface area contributed by atoms with Crippen molar-refractivity contribution in [1.29, 1.82) is 0 Å². The average molecular weight is 198 g/mol. The lowest BCUT2D eigenvalue weighted by atomic mass is 10.2. The molecule has 1 heterocycles. The third kappa shape index (κ3) is 3.16. The van der Waals surface area contributed by atoms with Crippen LogP contribution in [0.1, 0.15) is 19.8 Å². The molecule has 13 heavy (non-hydrogen) atoms. The first-order valence-corrected chi connectivity index (χ1v) is 5.27. The second kappa shape index (κ2) is 4.99. The highest BCUT2D eigenvalue weighted by atomic mass is 32.1. The van der Waals surface area contributed by atoms with Crippen molar-refractivity contribution in [3.8, 4) is 0 Å². The molecule has 0 radical (unpaired) electrons. The summed E-state index contributed by atoms with van der Waals surface area (Å²) in [4.78, 5) is 11.4. The van der Waals surface area contributed by atoms with Crippen LogP contribution in [0.25, 0.3) is 0 Å². The first kappa shape index (κ1) is 10.2. The maximum atomic E-state index is 11.4. The van der Waals surface area contributed by atoms with Crippen LogP contribution in [0.2, 0.25) is 0 Å². The Bertz CT molecular complexity index is 259. The molecule has 0 saturated heterocycles. The molecule has 0 aliphatic carbocycles. The molecule has 0 aromatic carbocycles. The number of carbonyl (C=O) groups excluding carboxylic acids is 1. The van der Waals surface area contributed by atoms with Crippen molar-refractivity contribution >= 4 is 22.9 Å². The molecule has 1 aromatic rings. The van der Waals surface area contributed by atoms with E-state index in [9.17, 15) is 4.79 Å². The molecule has 1 amide bonds. The standard InChI is InChI=1S/C9H14N2OS/c1-2-3-8(10)9(12)11-7-4-5-13-6-7/h4-6,8H,2-3,10H2,1H3,(H,11,12). The monoisotopic (exact) mass is 198 g/mol. The van der Waals surface area contributed by atoms with Crippen LogP contribution in [-0.2, 0) is 4.79 Å². The minimum absolute atomic E-state index is 0.0970. The molecule has 0 spiro atoms. The van der Waals surface area contributed by atoms with Gasteiger partial charge in [-0.3, -0.25) is 4.79 Å². The van der Waals surface area contributed by atoms with Gasteiger partial charge in [-0.1, -0.05) is 13.3 Å². The van der Waals surface area contributed by atoms with E-state index in [4.69, 9.17) is 5.73 Å². The number of hydrogen-bond donors (Lipinski definition) is 2. The Balaban J connectivity index is 2.41. The molecule has 0 bridgehead atoms. The summed E-state index contributed by atoms with van der Waals surface area (Å²) in [6, 6.07) is 1.48. The summed E-state index contributed by atoms with van der Waals surface area (Å²) >= 11 is 1.55. The van der Waals surface area contributed by atoms with E-state index in [-0.39, 0.29) is 11.9 Å². The van der Waals surface area contributed by atoms with E-state index >= 15 is 0 Å². The molecular weight excluding hydrogens is 184 g/mol. The zero-order valence-corrected chi connectivity index (χ0v) is 8.43. The summed E-state index contributed by atoms with van der Waals surface area (Å²) in [5, 5.41) is 6.56. The number of thiophene rings is 1. The second-order valence-corrected chi connectivity index (χ2v) is 3.68. The smallest absolute Gasteiger partial charge is 0.241 e. The number of hydrogen-bond acceptors (Lipinski definition) is 3. The summed E-state index contributed by atoms with van der Waals surface area (Å²) in [6.45, 7) is 2.01. The molecule has 0 aliphatic heterocycles. The number of anilines is 1. The van der Waals surface area contributed by atoms with E-state index in [0.717, 1.165) is 18.5 Å². The highest BCUT2D eigenvalue weighted by Gasteiger charge is 2.11. The largest absolute Gasteiger partial charge is 0.324 e. The van der Waals surface area contributed by atoms with Gasteiger partial charge in [0, 0.05) is 5.38 Å². The van der Waals surface area contributed by atoms with Gasteiger partial charge >= 0.3 is 0 Å². The fourth-order valence-corrected chi connectivity index (χ4v) is 1.60. The Morgan fingerprint density at radius 2 is 2.54 bits per heavy atom. The zero-order valence-electron chi connectivity index (χ0n) is 7.62. The summed E-state index contributed by atoms with van der Waals surface area (Å²) in [5.74, 6) is -0.0970.